The van der Waals surface area contributed by atoms with Gasteiger partial charge in [-0.3, -0.25) is 9.59 Å². The Balaban J connectivity index is 0.000000325. The van der Waals surface area contributed by atoms with Crippen molar-refractivity contribution in [2.24, 2.45) is 0 Å². The SMILES string of the molecule is CC(=O)CC(=O)O.Nc1cccc(C(=O)O)c1. The number of benzene rings is 1. The Labute approximate surface area is 97.7 Å². The minimum Gasteiger partial charge on any atom is -0.481 e. The molecule has 0 aliphatic carbocycles. The Morgan fingerprint density at radius 1 is 1.24 bits per heavy atom. The summed E-state index contributed by atoms with van der Waals surface area (Å²) in [5, 5.41) is 16.3. The van der Waals surface area contributed by atoms with Gasteiger partial charge in [0.1, 0.15) is 12.2 Å². The number of rotatable bonds is 3. The molecule has 0 atom stereocenters. The van der Waals surface area contributed by atoms with E-state index in [1.54, 1.807) is 12.1 Å². The van der Waals surface area contributed by atoms with Gasteiger partial charge < -0.3 is 15.9 Å². The van der Waals surface area contributed by atoms with Crippen LogP contribution in [-0.4, -0.2) is 27.9 Å². The molecule has 1 rings (SSSR count). The first-order chi connectivity index (χ1) is 7.82. The fourth-order valence-electron chi connectivity index (χ4n) is 0.885. The molecule has 0 aliphatic heterocycles. The molecular weight excluding hydrogens is 226 g/mol. The molecule has 0 amide bonds. The van der Waals surface area contributed by atoms with Crippen molar-refractivity contribution in [2.75, 3.05) is 5.73 Å². The molecule has 17 heavy (non-hydrogen) atoms. The lowest BCUT2D eigenvalue weighted by Crippen LogP contribution is -2.00. The number of carbonyl (C=O) groups excluding carboxylic acids is 1. The molecule has 0 unspecified atom stereocenters. The second kappa shape index (κ2) is 7.00. The van der Waals surface area contributed by atoms with Crippen molar-refractivity contribution >= 4 is 23.4 Å². The Bertz CT molecular complexity index is 416. The van der Waals surface area contributed by atoms with E-state index in [9.17, 15) is 14.4 Å². The number of aromatic carboxylic acids is 1. The molecule has 0 spiro atoms. The van der Waals surface area contributed by atoms with Gasteiger partial charge in [0, 0.05) is 5.69 Å². The Hall–Kier alpha value is -2.37. The maximum Gasteiger partial charge on any atom is 0.335 e. The highest BCUT2D eigenvalue weighted by atomic mass is 16.4. The monoisotopic (exact) mass is 239 g/mol. The quantitative estimate of drug-likeness (QED) is 0.535. The van der Waals surface area contributed by atoms with Crippen LogP contribution in [0.25, 0.3) is 0 Å². The lowest BCUT2D eigenvalue weighted by molar-refractivity contribution is -0.139. The van der Waals surface area contributed by atoms with Gasteiger partial charge in [-0.25, -0.2) is 4.79 Å². The summed E-state index contributed by atoms with van der Waals surface area (Å²) in [4.78, 5) is 29.8. The molecule has 0 bridgehead atoms. The third kappa shape index (κ3) is 7.55. The molecule has 0 heterocycles. The van der Waals surface area contributed by atoms with Crippen molar-refractivity contribution in [3.8, 4) is 0 Å². The van der Waals surface area contributed by atoms with Crippen molar-refractivity contribution < 1.29 is 24.6 Å². The third-order valence-electron chi connectivity index (χ3n) is 1.53. The molecule has 0 saturated heterocycles. The zero-order valence-electron chi connectivity index (χ0n) is 9.21. The van der Waals surface area contributed by atoms with Gasteiger partial charge in [-0.15, -0.1) is 0 Å². The first-order valence-electron chi connectivity index (χ1n) is 4.63. The highest BCUT2D eigenvalue weighted by Gasteiger charge is 1.99. The van der Waals surface area contributed by atoms with Crippen LogP contribution in [0.4, 0.5) is 5.69 Å². The van der Waals surface area contributed by atoms with Crippen LogP contribution in [0.2, 0.25) is 0 Å². The number of carbonyl (C=O) groups is 3. The standard InChI is InChI=1S/C7H7NO2.C4H6O3/c8-6-3-1-2-5(4-6)7(9)10;1-3(5)2-4(6)7/h1-4H,8H2,(H,9,10);2H2,1H3,(H,6,7). The van der Waals surface area contributed by atoms with Gasteiger partial charge in [-0.05, 0) is 25.1 Å². The van der Waals surface area contributed by atoms with Gasteiger partial charge in [0.15, 0.2) is 0 Å². The lowest BCUT2D eigenvalue weighted by Gasteiger charge is -1.93. The first kappa shape index (κ1) is 14.6. The van der Waals surface area contributed by atoms with Crippen LogP contribution in [0.15, 0.2) is 24.3 Å². The van der Waals surface area contributed by atoms with E-state index in [0.717, 1.165) is 0 Å². The third-order valence-corrected chi connectivity index (χ3v) is 1.53. The molecule has 0 aliphatic rings. The summed E-state index contributed by atoms with van der Waals surface area (Å²) < 4.78 is 0. The first-order valence-corrected chi connectivity index (χ1v) is 4.63. The zero-order chi connectivity index (χ0) is 13.4. The number of nitrogen functional groups attached to an aromatic ring is 1. The van der Waals surface area contributed by atoms with Crippen molar-refractivity contribution in [1.29, 1.82) is 0 Å². The van der Waals surface area contributed by atoms with Crippen LogP contribution >= 0.6 is 0 Å². The number of carboxylic acids is 2. The second-order valence-corrected chi connectivity index (χ2v) is 3.20. The van der Waals surface area contributed by atoms with Gasteiger partial charge in [0.05, 0.1) is 5.56 Å². The van der Waals surface area contributed by atoms with E-state index in [4.69, 9.17) is 15.9 Å². The number of aliphatic carboxylic acids is 1. The van der Waals surface area contributed by atoms with Crippen molar-refractivity contribution in [2.45, 2.75) is 13.3 Å². The summed E-state index contributed by atoms with van der Waals surface area (Å²) >= 11 is 0. The summed E-state index contributed by atoms with van der Waals surface area (Å²) in [6.45, 7) is 1.24. The number of ketones is 1. The molecular formula is C11H13NO5. The Morgan fingerprint density at radius 3 is 2.06 bits per heavy atom. The van der Waals surface area contributed by atoms with Crippen LogP contribution < -0.4 is 5.73 Å². The summed E-state index contributed by atoms with van der Waals surface area (Å²) in [6.07, 6.45) is -0.361. The molecule has 4 N–H and O–H groups in total. The molecule has 0 saturated carbocycles. The average molecular weight is 239 g/mol. The molecule has 0 aromatic heterocycles. The summed E-state index contributed by atoms with van der Waals surface area (Å²) in [5.74, 6) is -2.33. The minimum absolute atomic E-state index is 0.222. The number of hydrogen-bond acceptors (Lipinski definition) is 4. The van der Waals surface area contributed by atoms with Crippen LogP contribution in [0.3, 0.4) is 0 Å². The largest absolute Gasteiger partial charge is 0.481 e. The zero-order valence-corrected chi connectivity index (χ0v) is 9.21. The highest BCUT2D eigenvalue weighted by molar-refractivity contribution is 5.93. The van der Waals surface area contributed by atoms with Gasteiger partial charge in [0.25, 0.3) is 0 Å². The van der Waals surface area contributed by atoms with E-state index in [1.807, 2.05) is 0 Å². The van der Waals surface area contributed by atoms with E-state index in [0.29, 0.717) is 5.69 Å². The van der Waals surface area contributed by atoms with Crippen LogP contribution in [0, 0.1) is 0 Å². The van der Waals surface area contributed by atoms with Gasteiger partial charge in [-0.1, -0.05) is 6.07 Å². The molecule has 1 aromatic carbocycles. The second-order valence-electron chi connectivity index (χ2n) is 3.20. The van der Waals surface area contributed by atoms with E-state index < -0.39 is 11.9 Å². The highest BCUT2D eigenvalue weighted by Crippen LogP contribution is 2.05. The summed E-state index contributed by atoms with van der Waals surface area (Å²) in [6, 6.07) is 6.17. The molecule has 0 fully saturated rings. The van der Waals surface area contributed by atoms with Crippen LogP contribution in [0.5, 0.6) is 0 Å². The normalized spacial score (nSPS) is 8.76. The molecule has 92 valence electrons. The molecule has 6 heteroatoms. The van der Waals surface area contributed by atoms with Crippen molar-refractivity contribution in [3.63, 3.8) is 0 Å². The fourth-order valence-corrected chi connectivity index (χ4v) is 0.885. The number of carboxylic acid groups (broad SMARTS) is 2. The van der Waals surface area contributed by atoms with Gasteiger partial charge in [0.2, 0.25) is 0 Å². The number of anilines is 1. The number of nitrogens with two attached hydrogens (primary N) is 1. The van der Waals surface area contributed by atoms with Gasteiger partial charge in [-0.2, -0.15) is 0 Å². The molecule has 1 aromatic rings. The maximum absolute atomic E-state index is 10.3. The minimum atomic E-state index is -1.06. The summed E-state index contributed by atoms with van der Waals surface area (Å²) in [7, 11) is 0. The van der Waals surface area contributed by atoms with E-state index in [1.165, 1.54) is 19.1 Å². The lowest BCUT2D eigenvalue weighted by atomic mass is 10.2. The molecule has 6 nitrogen and oxygen atoms in total. The van der Waals surface area contributed by atoms with Crippen LogP contribution in [-0.2, 0) is 9.59 Å². The fraction of sp³-hybridized carbons (Fsp3) is 0.182. The number of hydrogen-bond donors (Lipinski definition) is 3. The van der Waals surface area contributed by atoms with E-state index in [-0.39, 0.29) is 17.8 Å². The maximum atomic E-state index is 10.3. The Kier molecular flexibility index (Phi) is 6.02. The topological polar surface area (TPSA) is 118 Å². The predicted octanol–water partition coefficient (Wildman–Crippen LogP) is 1.02. The van der Waals surface area contributed by atoms with Gasteiger partial charge >= 0.3 is 11.9 Å². The Morgan fingerprint density at radius 2 is 1.82 bits per heavy atom. The smallest absolute Gasteiger partial charge is 0.335 e. The molecule has 0 radical (unpaired) electrons. The summed E-state index contributed by atoms with van der Waals surface area (Å²) in [5.41, 5.74) is 6.03. The van der Waals surface area contributed by atoms with E-state index in [2.05, 4.69) is 0 Å². The van der Waals surface area contributed by atoms with Crippen molar-refractivity contribution in [3.05, 3.63) is 29.8 Å². The van der Waals surface area contributed by atoms with E-state index >= 15 is 0 Å². The number of Topliss-reactive ketones (excluding diaryl/α,β-unsaturated/α-hetero) is 1. The predicted molar refractivity (Wildman–Crippen MR) is 60.7 cm³/mol. The van der Waals surface area contributed by atoms with Crippen LogP contribution in [0.1, 0.15) is 23.7 Å². The average Bonchev–Trinajstić information content (AvgIpc) is 2.16. The van der Waals surface area contributed by atoms with Crippen molar-refractivity contribution in [1.82, 2.24) is 0 Å².